The number of methoxy groups -OCH3 is 1. The minimum absolute atomic E-state index is 0.0408. The number of nitrogens with zero attached hydrogens (tertiary/aromatic N) is 1. The Bertz CT molecular complexity index is 401. The molecule has 1 rings (SSSR count). The molecule has 0 aliphatic heterocycles. The van der Waals surface area contributed by atoms with Crippen LogP contribution in [0.3, 0.4) is 0 Å². The van der Waals surface area contributed by atoms with Gasteiger partial charge >= 0.3 is 0 Å². The van der Waals surface area contributed by atoms with Crippen molar-refractivity contribution in [2.45, 2.75) is 4.90 Å². The monoisotopic (exact) mass is 253 g/mol. The average Bonchev–Trinajstić information content (AvgIpc) is 2.30. The molecule has 0 spiro atoms. The number of carbonyl (C=O) groups is 2. The van der Waals surface area contributed by atoms with Crippen molar-refractivity contribution in [3.63, 3.8) is 0 Å². The summed E-state index contributed by atoms with van der Waals surface area (Å²) in [6, 6.07) is 6.92. The molecular weight excluding hydrogens is 238 g/mol. The molecule has 0 saturated carbocycles. The number of ketones is 1. The van der Waals surface area contributed by atoms with Crippen LogP contribution in [-0.2, 0) is 4.74 Å². The second kappa shape index (κ2) is 6.42. The molecule has 92 valence electrons. The van der Waals surface area contributed by atoms with Gasteiger partial charge in [0, 0.05) is 31.7 Å². The zero-order valence-electron chi connectivity index (χ0n) is 10.1. The van der Waals surface area contributed by atoms with Crippen molar-refractivity contribution >= 4 is 22.8 Å². The number of amides is 1. The third-order valence-electron chi connectivity index (χ3n) is 2.02. The Hall–Kier alpha value is -1.33. The lowest BCUT2D eigenvalue weighted by Crippen LogP contribution is -2.16. The molecular formula is C12H15NO3S. The maximum Gasteiger partial charge on any atom is 0.285 e. The van der Waals surface area contributed by atoms with Crippen LogP contribution in [0.25, 0.3) is 0 Å². The normalized spacial score (nSPS) is 10.1. The van der Waals surface area contributed by atoms with Gasteiger partial charge in [0.2, 0.25) is 0 Å². The van der Waals surface area contributed by atoms with Gasteiger partial charge in [-0.1, -0.05) is 12.1 Å². The van der Waals surface area contributed by atoms with E-state index < -0.39 is 0 Å². The summed E-state index contributed by atoms with van der Waals surface area (Å²) in [5, 5.41) is -0.0408. The average molecular weight is 253 g/mol. The number of carbonyl (C=O) groups excluding carboxylic acids is 2. The second-order valence-electron chi connectivity index (χ2n) is 3.64. The number of hydrogen-bond donors (Lipinski definition) is 0. The van der Waals surface area contributed by atoms with Crippen molar-refractivity contribution in [1.82, 2.24) is 4.90 Å². The minimum Gasteiger partial charge on any atom is -0.377 e. The van der Waals surface area contributed by atoms with Crippen LogP contribution in [0, 0.1) is 0 Å². The zero-order chi connectivity index (χ0) is 12.8. The van der Waals surface area contributed by atoms with E-state index in [1.54, 1.807) is 38.4 Å². The lowest BCUT2D eigenvalue weighted by molar-refractivity contribution is 0.0848. The fraction of sp³-hybridized carbons (Fsp3) is 0.333. The van der Waals surface area contributed by atoms with Gasteiger partial charge in [-0.15, -0.1) is 0 Å². The van der Waals surface area contributed by atoms with Gasteiger partial charge in [-0.05, 0) is 23.9 Å². The Balaban J connectivity index is 2.68. The third kappa shape index (κ3) is 4.20. The number of thioether (sulfide) groups is 1. The van der Waals surface area contributed by atoms with Crippen molar-refractivity contribution in [3.8, 4) is 0 Å². The lowest BCUT2D eigenvalue weighted by Gasteiger charge is -2.09. The van der Waals surface area contributed by atoms with Crippen LogP contribution in [0.4, 0.5) is 4.79 Å². The van der Waals surface area contributed by atoms with Gasteiger partial charge in [0.1, 0.15) is 6.61 Å². The van der Waals surface area contributed by atoms with E-state index in [0.29, 0.717) is 5.56 Å². The summed E-state index contributed by atoms with van der Waals surface area (Å²) in [6.07, 6.45) is 0. The molecule has 1 amide bonds. The summed E-state index contributed by atoms with van der Waals surface area (Å²) in [5.41, 5.74) is 0.591. The lowest BCUT2D eigenvalue weighted by atomic mass is 10.1. The van der Waals surface area contributed by atoms with Crippen molar-refractivity contribution in [2.75, 3.05) is 27.8 Å². The van der Waals surface area contributed by atoms with Crippen LogP contribution in [0.2, 0.25) is 0 Å². The number of benzene rings is 1. The van der Waals surface area contributed by atoms with Crippen LogP contribution in [0.1, 0.15) is 10.4 Å². The summed E-state index contributed by atoms with van der Waals surface area (Å²) in [4.78, 5) is 25.2. The fourth-order valence-corrected chi connectivity index (χ4v) is 1.77. The number of ether oxygens (including phenoxy) is 1. The molecule has 5 heteroatoms. The fourth-order valence-electron chi connectivity index (χ4n) is 1.12. The summed E-state index contributed by atoms with van der Waals surface area (Å²) < 4.78 is 4.77. The van der Waals surface area contributed by atoms with Crippen LogP contribution < -0.4 is 0 Å². The summed E-state index contributed by atoms with van der Waals surface area (Å²) in [7, 11) is 4.88. The first-order valence-electron chi connectivity index (χ1n) is 5.06. The van der Waals surface area contributed by atoms with Gasteiger partial charge in [-0.25, -0.2) is 0 Å². The Kier molecular flexibility index (Phi) is 5.18. The molecule has 0 aliphatic carbocycles. The predicted octanol–water partition coefficient (Wildman–Crippen LogP) is 2.29. The van der Waals surface area contributed by atoms with Gasteiger partial charge in [0.25, 0.3) is 5.24 Å². The molecule has 0 saturated heterocycles. The molecule has 0 atom stereocenters. The first kappa shape index (κ1) is 13.7. The molecule has 0 bridgehead atoms. The van der Waals surface area contributed by atoms with E-state index >= 15 is 0 Å². The van der Waals surface area contributed by atoms with Crippen LogP contribution in [0.5, 0.6) is 0 Å². The van der Waals surface area contributed by atoms with E-state index in [4.69, 9.17) is 4.74 Å². The van der Waals surface area contributed by atoms with Crippen molar-refractivity contribution in [3.05, 3.63) is 29.8 Å². The summed E-state index contributed by atoms with van der Waals surface area (Å²) in [5.74, 6) is -0.0667. The van der Waals surface area contributed by atoms with Gasteiger partial charge in [0.15, 0.2) is 5.78 Å². The Morgan fingerprint density at radius 3 is 2.29 bits per heavy atom. The Morgan fingerprint density at radius 2 is 1.82 bits per heavy atom. The molecule has 0 unspecified atom stereocenters. The standard InChI is InChI=1S/C12H15NO3S/c1-13(2)12(15)17-10-6-4-9(5-7-10)11(14)8-16-3/h4-7H,8H2,1-3H3. The molecule has 17 heavy (non-hydrogen) atoms. The van der Waals surface area contributed by atoms with Crippen molar-refractivity contribution in [1.29, 1.82) is 0 Å². The highest BCUT2D eigenvalue weighted by atomic mass is 32.2. The van der Waals surface area contributed by atoms with E-state index in [2.05, 4.69) is 0 Å². The topological polar surface area (TPSA) is 46.6 Å². The second-order valence-corrected chi connectivity index (χ2v) is 4.67. The van der Waals surface area contributed by atoms with E-state index in [-0.39, 0.29) is 17.6 Å². The van der Waals surface area contributed by atoms with Crippen LogP contribution >= 0.6 is 11.8 Å². The summed E-state index contributed by atoms with van der Waals surface area (Å²) >= 11 is 1.13. The highest BCUT2D eigenvalue weighted by Crippen LogP contribution is 2.20. The maximum absolute atomic E-state index is 11.5. The molecule has 0 radical (unpaired) electrons. The van der Waals surface area contributed by atoms with E-state index in [9.17, 15) is 9.59 Å². The molecule has 1 aromatic rings. The van der Waals surface area contributed by atoms with E-state index in [1.807, 2.05) is 0 Å². The van der Waals surface area contributed by atoms with Gasteiger partial charge in [-0.3, -0.25) is 9.59 Å². The molecule has 0 aliphatic rings. The van der Waals surface area contributed by atoms with Crippen molar-refractivity contribution in [2.24, 2.45) is 0 Å². The zero-order valence-corrected chi connectivity index (χ0v) is 10.9. The maximum atomic E-state index is 11.5. The number of hydrogen-bond acceptors (Lipinski definition) is 4. The first-order chi connectivity index (χ1) is 8.04. The third-order valence-corrected chi connectivity index (χ3v) is 3.07. The SMILES string of the molecule is COCC(=O)c1ccc(SC(=O)N(C)C)cc1. The Morgan fingerprint density at radius 1 is 1.24 bits per heavy atom. The van der Waals surface area contributed by atoms with Gasteiger partial charge in [-0.2, -0.15) is 0 Å². The predicted molar refractivity (Wildman–Crippen MR) is 67.6 cm³/mol. The van der Waals surface area contributed by atoms with Crippen LogP contribution in [-0.4, -0.2) is 43.7 Å². The quantitative estimate of drug-likeness (QED) is 0.610. The largest absolute Gasteiger partial charge is 0.377 e. The number of rotatable bonds is 4. The minimum atomic E-state index is -0.0667. The molecule has 0 N–H and O–H groups in total. The molecule has 0 heterocycles. The van der Waals surface area contributed by atoms with Gasteiger partial charge < -0.3 is 9.64 Å². The Labute approximate surface area is 105 Å². The van der Waals surface area contributed by atoms with Gasteiger partial charge in [0.05, 0.1) is 0 Å². The van der Waals surface area contributed by atoms with Crippen molar-refractivity contribution < 1.29 is 14.3 Å². The van der Waals surface area contributed by atoms with Crippen LogP contribution in [0.15, 0.2) is 29.2 Å². The van der Waals surface area contributed by atoms with E-state index in [0.717, 1.165) is 16.7 Å². The smallest absolute Gasteiger partial charge is 0.285 e. The molecule has 4 nitrogen and oxygen atoms in total. The summed E-state index contributed by atoms with van der Waals surface area (Å²) in [6.45, 7) is 0.0725. The molecule has 0 fully saturated rings. The highest BCUT2D eigenvalue weighted by molar-refractivity contribution is 8.13. The van der Waals surface area contributed by atoms with E-state index in [1.165, 1.54) is 12.0 Å². The molecule has 0 aromatic heterocycles. The molecule has 1 aromatic carbocycles. The highest BCUT2D eigenvalue weighted by Gasteiger charge is 2.08. The number of Topliss-reactive ketones (excluding diaryl/α,β-unsaturated/α-hetero) is 1. The first-order valence-corrected chi connectivity index (χ1v) is 5.87.